The maximum Gasteiger partial charge on any atom is 0.359 e. The third kappa shape index (κ3) is 13.9. The van der Waals surface area contributed by atoms with Gasteiger partial charge in [0.25, 0.3) is 11.3 Å². The first-order chi connectivity index (χ1) is 53.4. The zero-order valence-electron chi connectivity index (χ0n) is 67.6. The van der Waals surface area contributed by atoms with E-state index in [9.17, 15) is 8.78 Å². The van der Waals surface area contributed by atoms with Crippen LogP contribution in [0.1, 0.15) is 278 Å². The standard InChI is InChI=1S/C26H34N2O.C24H28F2N2O.C24H30N2O.C23H28N2O/c1-4-5-13-26(27-28-26)15-16-29-20-8-10-21-19(17-20)7-9-23-22(21)12-14-25(3)18(2)6-11-24(23)25;1-4-23(25,26)24(27-28-24)14-29-17-7-9-18-16(13-17)6-8-20-19(18)11-12-22(3)15(2)5-10-21(20)22;1-4-12-24(25-26-24)15-27-18-7-9-19-17(14-18)6-8-21-20(19)11-13-23(3)16(2)5-10-22(21)23;1-4-23(24-25-23)14-26-17-7-9-18-16(13-17)6-8-20-19(18)11-12-22(3)15(2)5-10-21(20)22/h1,8,10,17-18,22-24H,5-7,9,11-16H2,2-3H3;1,7,9,13,15,19-21H,5-6,8,10-12,14H2,2-3H3;1,7,9,14,16,20-22H,5-6,8,10-13,15H2,2-3H3;1,7,9,13,15,19-21H,5-6,8,10-12,14H2,2-3H3/t18-,22+,23+,24-,25+;15-,19+,20+,21-,22+;16-,20+,21+,22-,23+;15-,19+,20+,21-,22+/m0000/s1. The van der Waals surface area contributed by atoms with Crippen LogP contribution in [0.4, 0.5) is 8.78 Å². The van der Waals surface area contributed by atoms with Crippen molar-refractivity contribution in [2.75, 3.05) is 26.4 Å². The summed E-state index contributed by atoms with van der Waals surface area (Å²) in [4.78, 5) is 0. The lowest BCUT2D eigenvalue weighted by atomic mass is 9.54. The Labute approximate surface area is 661 Å². The highest BCUT2D eigenvalue weighted by atomic mass is 19.3. The van der Waals surface area contributed by atoms with Crippen LogP contribution in [0.5, 0.6) is 23.0 Å². The molecule has 16 aliphatic rings. The predicted octanol–water partition coefficient (Wildman–Crippen LogP) is 23.6. The summed E-state index contributed by atoms with van der Waals surface area (Å²) in [6.07, 6.45) is 56.2. The number of hydrogen-bond donors (Lipinski definition) is 0. The van der Waals surface area contributed by atoms with E-state index in [1.807, 2.05) is 12.1 Å². The highest BCUT2D eigenvalue weighted by molar-refractivity contribution is 5.45. The molecule has 20 atom stereocenters. The molecule has 4 heterocycles. The van der Waals surface area contributed by atoms with Gasteiger partial charge in [0.2, 0.25) is 5.66 Å². The Balaban J connectivity index is 0.000000108. The summed E-state index contributed by atoms with van der Waals surface area (Å²) in [5.41, 5.74) is 11.0. The molecular weight excluding hydrogens is 1380 g/mol. The van der Waals surface area contributed by atoms with Crippen molar-refractivity contribution >= 4 is 0 Å². The molecule has 4 aromatic rings. The molecule has 0 N–H and O–H groups in total. The highest BCUT2D eigenvalue weighted by Gasteiger charge is 2.63. The molecule has 111 heavy (non-hydrogen) atoms. The van der Waals surface area contributed by atoms with Crippen molar-refractivity contribution in [3.8, 4) is 72.4 Å². The van der Waals surface area contributed by atoms with Crippen molar-refractivity contribution in [2.24, 2.45) is 134 Å². The van der Waals surface area contributed by atoms with E-state index in [0.717, 1.165) is 132 Å². The SMILES string of the molecule is C#CC(F)(F)C1(COc2ccc3c(c2)CC[C@@H]2[C@@H]3CC[C@]3(C)[C@@H](C)CC[C@@H]23)N=N1.C#CC1(COc2ccc3c(c2)CC[C@@H]2[C@@H]3CC[C@]3(C)[C@@H](C)CC[C@@H]23)N=N1.C#CCC1(COc2ccc3c(c2)CC[C@@H]2[C@@H]3CC[C@]3(C)[C@@H](C)CC[C@@H]23)N=N1.C#CCCC1(CCOc2ccc3c(c2)CC[C@@H]2[C@@H]3CC[C@]3(C)[C@@H](C)CC[C@@H]23)N=N1. The van der Waals surface area contributed by atoms with Crippen molar-refractivity contribution in [1.82, 2.24) is 0 Å². The molecule has 0 aromatic heterocycles. The molecule has 4 aliphatic heterocycles. The van der Waals surface area contributed by atoms with E-state index in [4.69, 9.17) is 44.6 Å². The molecule has 8 saturated carbocycles. The molecule has 0 radical (unpaired) electrons. The normalized spacial score (nSPS) is 37.1. The van der Waals surface area contributed by atoms with Gasteiger partial charge in [-0.1, -0.05) is 79.7 Å². The van der Waals surface area contributed by atoms with Gasteiger partial charge in [0.05, 0.1) is 13.0 Å². The van der Waals surface area contributed by atoms with Gasteiger partial charge in [0.15, 0.2) is 5.66 Å². The van der Waals surface area contributed by atoms with Crippen molar-refractivity contribution in [1.29, 1.82) is 0 Å². The summed E-state index contributed by atoms with van der Waals surface area (Å²) >= 11 is 0. The number of ether oxygens (including phenoxy) is 4. The lowest BCUT2D eigenvalue weighted by molar-refractivity contribution is -0.00226. The molecule has 0 spiro atoms. The minimum atomic E-state index is -3.42. The van der Waals surface area contributed by atoms with Crippen LogP contribution in [0.2, 0.25) is 0 Å². The van der Waals surface area contributed by atoms with Gasteiger partial charge in [-0.2, -0.15) is 29.2 Å². The molecule has 0 unspecified atom stereocenters. The zero-order chi connectivity index (χ0) is 77.1. The number of hydrogen-bond acceptors (Lipinski definition) is 12. The summed E-state index contributed by atoms with van der Waals surface area (Å²) in [6.45, 7) is 21.3. The number of halogens is 2. The second-order valence-corrected chi connectivity index (χ2v) is 39.0. The van der Waals surface area contributed by atoms with Crippen molar-refractivity contribution in [3.05, 3.63) is 117 Å². The van der Waals surface area contributed by atoms with Crippen LogP contribution in [0.25, 0.3) is 0 Å². The third-order valence-electron chi connectivity index (χ3n) is 34.2. The minimum Gasteiger partial charge on any atom is -0.493 e. The van der Waals surface area contributed by atoms with E-state index in [-0.39, 0.29) is 12.3 Å². The Morgan fingerprint density at radius 2 is 0.748 bits per heavy atom. The summed E-state index contributed by atoms with van der Waals surface area (Å²) in [7, 11) is 0. The van der Waals surface area contributed by atoms with Gasteiger partial charge in [-0.25, -0.2) is 0 Å². The zero-order valence-corrected chi connectivity index (χ0v) is 67.6. The lowest BCUT2D eigenvalue weighted by Gasteiger charge is -2.50. The van der Waals surface area contributed by atoms with Crippen LogP contribution in [0.15, 0.2) is 114 Å². The van der Waals surface area contributed by atoms with Gasteiger partial charge in [-0.05, 0) is 375 Å². The fourth-order valence-corrected chi connectivity index (χ4v) is 26.3. The van der Waals surface area contributed by atoms with Crippen LogP contribution in [-0.4, -0.2) is 55.0 Å². The van der Waals surface area contributed by atoms with Crippen LogP contribution in [-0.2, 0) is 25.7 Å². The van der Waals surface area contributed by atoms with Gasteiger partial charge >= 0.3 is 5.92 Å². The molecule has 586 valence electrons. The number of nitrogens with zero attached hydrogens (tertiary/aromatic N) is 8. The number of terminal acetylenes is 4. The third-order valence-corrected chi connectivity index (χ3v) is 34.2. The average Bonchev–Trinajstić information content (AvgIpc) is 1.72. The number of rotatable bonds is 17. The molecule has 0 bridgehead atoms. The molecule has 14 heteroatoms. The van der Waals surface area contributed by atoms with E-state index in [2.05, 4.69) is 175 Å². The summed E-state index contributed by atoms with van der Waals surface area (Å²) in [5, 5.41) is 31.4. The second-order valence-electron chi connectivity index (χ2n) is 39.0. The van der Waals surface area contributed by atoms with E-state index in [1.165, 1.54) is 181 Å². The average molecular weight is 1500 g/mol. The second kappa shape index (κ2) is 29.1. The Bertz CT molecular complexity index is 4490. The maximum atomic E-state index is 13.8. The number of benzene rings is 4. The Hall–Kier alpha value is -7.42. The number of aryl methyl sites for hydroxylation is 4. The maximum absolute atomic E-state index is 13.8. The largest absolute Gasteiger partial charge is 0.493 e. The van der Waals surface area contributed by atoms with Gasteiger partial charge in [0, 0.05) is 19.3 Å². The topological polar surface area (TPSA) is 136 Å². The Morgan fingerprint density at radius 3 is 1.06 bits per heavy atom. The fourth-order valence-electron chi connectivity index (χ4n) is 26.3. The van der Waals surface area contributed by atoms with Crippen molar-refractivity contribution in [2.45, 2.75) is 287 Å². The predicted molar refractivity (Wildman–Crippen MR) is 432 cm³/mol. The Morgan fingerprint density at radius 1 is 0.396 bits per heavy atom. The smallest absolute Gasteiger partial charge is 0.359 e. The van der Waals surface area contributed by atoms with Gasteiger partial charge in [-0.15, -0.1) is 58.0 Å². The van der Waals surface area contributed by atoms with Crippen LogP contribution >= 0.6 is 0 Å². The van der Waals surface area contributed by atoms with E-state index < -0.39 is 22.9 Å². The monoisotopic (exact) mass is 1500 g/mol. The molecular formula is C97H120F2N8O4. The first kappa shape index (κ1) is 76.2. The van der Waals surface area contributed by atoms with Gasteiger partial charge in [-0.3, -0.25) is 0 Å². The summed E-state index contributed by atoms with van der Waals surface area (Å²) in [5.74, 6) is 22.9. The summed E-state index contributed by atoms with van der Waals surface area (Å²) in [6, 6.07) is 26.4. The molecule has 8 fully saturated rings. The first-order valence-corrected chi connectivity index (χ1v) is 43.4. The number of alkyl halides is 2. The molecule has 20 rings (SSSR count). The molecule has 12 nitrogen and oxygen atoms in total. The van der Waals surface area contributed by atoms with E-state index in [1.54, 1.807) is 16.7 Å². The van der Waals surface area contributed by atoms with Gasteiger partial charge in [0.1, 0.15) is 42.8 Å². The summed E-state index contributed by atoms with van der Waals surface area (Å²) < 4.78 is 51.3. The van der Waals surface area contributed by atoms with Crippen LogP contribution < -0.4 is 18.9 Å². The van der Waals surface area contributed by atoms with Crippen molar-refractivity contribution < 1.29 is 27.7 Å². The van der Waals surface area contributed by atoms with Gasteiger partial charge < -0.3 is 18.9 Å². The Kier molecular flexibility index (Phi) is 20.0. The quantitative estimate of drug-likeness (QED) is 0.0973. The van der Waals surface area contributed by atoms with E-state index >= 15 is 0 Å². The van der Waals surface area contributed by atoms with Crippen LogP contribution in [0, 0.1) is 142 Å². The molecule has 0 amide bonds. The molecule has 4 aromatic carbocycles. The molecule has 12 aliphatic carbocycles. The molecule has 0 saturated heterocycles. The fraction of sp³-hybridized carbons (Fsp3) is 0.670. The minimum absolute atomic E-state index is 0.249. The highest BCUT2D eigenvalue weighted by Crippen LogP contribution is 2.68. The lowest BCUT2D eigenvalue weighted by Crippen LogP contribution is -2.41. The number of fused-ring (bicyclic) bond motifs is 20. The first-order valence-electron chi connectivity index (χ1n) is 43.4. The van der Waals surface area contributed by atoms with Crippen molar-refractivity contribution in [3.63, 3.8) is 0 Å². The van der Waals surface area contributed by atoms with Crippen LogP contribution in [0.3, 0.4) is 0 Å². The van der Waals surface area contributed by atoms with E-state index in [0.29, 0.717) is 59.6 Å².